The van der Waals surface area contributed by atoms with Gasteiger partial charge in [-0.3, -0.25) is 10.1 Å². The van der Waals surface area contributed by atoms with E-state index in [0.717, 1.165) is 16.0 Å². The van der Waals surface area contributed by atoms with Gasteiger partial charge in [0.1, 0.15) is 11.5 Å². The number of amides is 1. The second-order valence-electron chi connectivity index (χ2n) is 5.89. The van der Waals surface area contributed by atoms with Gasteiger partial charge in [-0.05, 0) is 55.0 Å². The highest BCUT2D eigenvalue weighted by Crippen LogP contribution is 2.27. The molecule has 0 spiro atoms. The van der Waals surface area contributed by atoms with Crippen molar-refractivity contribution < 1.29 is 9.53 Å². The highest BCUT2D eigenvalue weighted by atomic mass is 32.1. The minimum Gasteiger partial charge on any atom is -0.457 e. The number of hydrogen-bond donors (Lipinski definition) is 1. The first kappa shape index (κ1) is 16.3. The topological polar surface area (TPSA) is 51.2 Å². The third-order valence-corrected chi connectivity index (χ3v) is 4.77. The number of hydrogen-bond acceptors (Lipinski definition) is 4. The van der Waals surface area contributed by atoms with E-state index in [1.54, 1.807) is 18.2 Å². The van der Waals surface area contributed by atoms with E-state index in [-0.39, 0.29) is 5.91 Å². The Bertz CT molecular complexity index is 1070. The fourth-order valence-corrected chi connectivity index (χ4v) is 3.54. The van der Waals surface area contributed by atoms with Gasteiger partial charge in [-0.15, -0.1) is 0 Å². The maximum Gasteiger partial charge on any atom is 0.257 e. The number of nitrogens with one attached hydrogen (secondary N) is 1. The Morgan fingerprint density at radius 1 is 0.962 bits per heavy atom. The molecular weight excluding hydrogens is 344 g/mol. The summed E-state index contributed by atoms with van der Waals surface area (Å²) in [6.07, 6.45) is 0. The van der Waals surface area contributed by atoms with E-state index >= 15 is 0 Å². The van der Waals surface area contributed by atoms with Crippen LogP contribution in [0, 0.1) is 6.92 Å². The third kappa shape index (κ3) is 3.58. The van der Waals surface area contributed by atoms with Crippen LogP contribution >= 0.6 is 11.3 Å². The number of fused-ring (bicyclic) bond motifs is 1. The van der Waals surface area contributed by atoms with Gasteiger partial charge in [0.25, 0.3) is 5.91 Å². The molecule has 4 aromatic rings. The summed E-state index contributed by atoms with van der Waals surface area (Å²) in [6.45, 7) is 2.04. The van der Waals surface area contributed by atoms with Crippen molar-refractivity contribution in [2.45, 2.75) is 6.92 Å². The normalized spacial score (nSPS) is 10.7. The fourth-order valence-electron chi connectivity index (χ4n) is 2.58. The van der Waals surface area contributed by atoms with Gasteiger partial charge < -0.3 is 4.74 Å². The Morgan fingerprint density at radius 3 is 2.62 bits per heavy atom. The van der Waals surface area contributed by atoms with Crippen LogP contribution in [-0.4, -0.2) is 10.9 Å². The van der Waals surface area contributed by atoms with Crippen LogP contribution in [0.5, 0.6) is 11.5 Å². The van der Waals surface area contributed by atoms with Crippen molar-refractivity contribution in [2.75, 3.05) is 5.32 Å². The molecule has 5 heteroatoms. The molecule has 0 bridgehead atoms. The molecule has 0 aliphatic rings. The number of carbonyl (C=O) groups excluding carboxylic acids is 1. The van der Waals surface area contributed by atoms with Crippen molar-refractivity contribution in [3.63, 3.8) is 0 Å². The highest BCUT2D eigenvalue weighted by Gasteiger charge is 2.11. The number of benzene rings is 3. The number of nitrogens with zero attached hydrogens (tertiary/aromatic N) is 1. The minimum absolute atomic E-state index is 0.209. The quantitative estimate of drug-likeness (QED) is 0.512. The predicted octanol–water partition coefficient (Wildman–Crippen LogP) is 5.65. The molecular formula is C21H16N2O2S. The molecule has 0 aliphatic carbocycles. The van der Waals surface area contributed by atoms with E-state index < -0.39 is 0 Å². The summed E-state index contributed by atoms with van der Waals surface area (Å²) in [5.74, 6) is 1.13. The maximum absolute atomic E-state index is 12.6. The van der Waals surface area contributed by atoms with Crippen molar-refractivity contribution in [3.05, 3.63) is 83.9 Å². The second-order valence-corrected chi connectivity index (χ2v) is 6.92. The predicted molar refractivity (Wildman–Crippen MR) is 105 cm³/mol. The Hall–Kier alpha value is -3.18. The van der Waals surface area contributed by atoms with Crippen LogP contribution in [0.15, 0.2) is 72.8 Å². The zero-order chi connectivity index (χ0) is 17.9. The van der Waals surface area contributed by atoms with E-state index in [1.165, 1.54) is 16.9 Å². The summed E-state index contributed by atoms with van der Waals surface area (Å²) >= 11 is 1.47. The zero-order valence-electron chi connectivity index (χ0n) is 14.1. The van der Waals surface area contributed by atoms with E-state index in [2.05, 4.69) is 16.4 Å². The molecule has 1 aromatic heterocycles. The molecule has 0 saturated heterocycles. The zero-order valence-corrected chi connectivity index (χ0v) is 14.9. The Morgan fingerprint density at radius 2 is 1.77 bits per heavy atom. The first-order chi connectivity index (χ1) is 12.7. The summed E-state index contributed by atoms with van der Waals surface area (Å²) in [6, 6.07) is 22.6. The number of para-hydroxylation sites is 1. The monoisotopic (exact) mass is 360 g/mol. The van der Waals surface area contributed by atoms with E-state index in [9.17, 15) is 4.79 Å². The third-order valence-electron chi connectivity index (χ3n) is 3.84. The number of ether oxygens (including phenoxy) is 1. The molecule has 4 nitrogen and oxygen atoms in total. The van der Waals surface area contributed by atoms with Crippen molar-refractivity contribution in [1.82, 2.24) is 4.98 Å². The number of aryl methyl sites for hydroxylation is 1. The molecule has 0 radical (unpaired) electrons. The first-order valence-corrected chi connectivity index (χ1v) is 9.00. The summed E-state index contributed by atoms with van der Waals surface area (Å²) < 4.78 is 6.84. The second kappa shape index (κ2) is 6.98. The summed E-state index contributed by atoms with van der Waals surface area (Å²) in [4.78, 5) is 17.0. The van der Waals surface area contributed by atoms with Crippen molar-refractivity contribution >= 4 is 32.6 Å². The lowest BCUT2D eigenvalue weighted by molar-refractivity contribution is 0.102. The van der Waals surface area contributed by atoms with Crippen LogP contribution in [0.1, 0.15) is 15.9 Å². The van der Waals surface area contributed by atoms with Gasteiger partial charge in [0.15, 0.2) is 5.13 Å². The lowest BCUT2D eigenvalue weighted by atomic mass is 10.2. The Labute approximate surface area is 155 Å². The number of anilines is 1. The van der Waals surface area contributed by atoms with Crippen molar-refractivity contribution in [3.8, 4) is 11.5 Å². The molecule has 1 N–H and O–H groups in total. The van der Waals surface area contributed by atoms with Gasteiger partial charge in [0.05, 0.1) is 10.2 Å². The molecule has 1 heterocycles. The highest BCUT2D eigenvalue weighted by molar-refractivity contribution is 7.22. The molecule has 0 saturated carbocycles. The SMILES string of the molecule is Cc1ccc2nc(NC(=O)c3cccc(Oc4ccccc4)c3)sc2c1. The maximum atomic E-state index is 12.6. The van der Waals surface area contributed by atoms with Crippen LogP contribution in [0.3, 0.4) is 0 Å². The van der Waals surface area contributed by atoms with Crippen molar-refractivity contribution in [2.24, 2.45) is 0 Å². The molecule has 0 atom stereocenters. The van der Waals surface area contributed by atoms with Gasteiger partial charge >= 0.3 is 0 Å². The van der Waals surface area contributed by atoms with E-state index in [0.29, 0.717) is 16.4 Å². The van der Waals surface area contributed by atoms with Gasteiger partial charge in [-0.1, -0.05) is 41.7 Å². The standard InChI is InChI=1S/C21H16N2O2S/c1-14-10-11-18-19(12-14)26-21(22-18)23-20(24)15-6-5-9-17(13-15)25-16-7-3-2-4-8-16/h2-13H,1H3,(H,22,23,24). The van der Waals surface area contributed by atoms with Gasteiger partial charge in [-0.25, -0.2) is 4.98 Å². The number of aromatic nitrogens is 1. The van der Waals surface area contributed by atoms with Crippen LogP contribution in [0.4, 0.5) is 5.13 Å². The summed E-state index contributed by atoms with van der Waals surface area (Å²) in [7, 11) is 0. The number of rotatable bonds is 4. The van der Waals surface area contributed by atoms with Gasteiger partial charge in [-0.2, -0.15) is 0 Å². The van der Waals surface area contributed by atoms with Crippen molar-refractivity contribution in [1.29, 1.82) is 0 Å². The minimum atomic E-state index is -0.209. The molecule has 128 valence electrons. The molecule has 4 rings (SSSR count). The van der Waals surface area contributed by atoms with Gasteiger partial charge in [0.2, 0.25) is 0 Å². The van der Waals surface area contributed by atoms with Crippen LogP contribution < -0.4 is 10.1 Å². The summed E-state index contributed by atoms with van der Waals surface area (Å²) in [5.41, 5.74) is 2.58. The Balaban J connectivity index is 1.53. The molecule has 1 amide bonds. The molecule has 3 aromatic carbocycles. The van der Waals surface area contributed by atoms with E-state index in [1.807, 2.05) is 55.5 Å². The summed E-state index contributed by atoms with van der Waals surface area (Å²) in [5, 5.41) is 3.46. The largest absolute Gasteiger partial charge is 0.457 e. The smallest absolute Gasteiger partial charge is 0.257 e. The Kier molecular flexibility index (Phi) is 4.37. The first-order valence-electron chi connectivity index (χ1n) is 8.19. The number of carbonyl (C=O) groups is 1. The molecule has 0 unspecified atom stereocenters. The van der Waals surface area contributed by atoms with Gasteiger partial charge in [0, 0.05) is 5.56 Å². The molecule has 26 heavy (non-hydrogen) atoms. The lowest BCUT2D eigenvalue weighted by Gasteiger charge is -2.07. The molecule has 0 fully saturated rings. The fraction of sp³-hybridized carbons (Fsp3) is 0.0476. The van der Waals surface area contributed by atoms with Crippen LogP contribution in [-0.2, 0) is 0 Å². The van der Waals surface area contributed by atoms with E-state index in [4.69, 9.17) is 4.74 Å². The lowest BCUT2D eigenvalue weighted by Crippen LogP contribution is -2.11. The number of thiazole rings is 1. The van der Waals surface area contributed by atoms with Crippen LogP contribution in [0.25, 0.3) is 10.2 Å². The average molecular weight is 360 g/mol. The molecule has 0 aliphatic heterocycles. The van der Waals surface area contributed by atoms with Crippen LogP contribution in [0.2, 0.25) is 0 Å². The average Bonchev–Trinajstić information content (AvgIpc) is 3.04.